The monoisotopic (exact) mass is 336 g/mol. The summed E-state index contributed by atoms with van der Waals surface area (Å²) >= 11 is 0.805. The second-order valence-electron chi connectivity index (χ2n) is 4.33. The fourth-order valence-corrected chi connectivity index (χ4v) is 3.28. The Morgan fingerprint density at radius 1 is 1.19 bits per heavy atom. The first kappa shape index (κ1) is 16.0. The van der Waals surface area contributed by atoms with E-state index in [0.717, 1.165) is 28.3 Å². The molecule has 0 unspecified atom stereocenters. The van der Waals surface area contributed by atoms with E-state index in [1.54, 1.807) is 12.1 Å². The maximum Gasteiger partial charge on any atom is 0.417 e. The van der Waals surface area contributed by atoms with Crippen LogP contribution in [0.15, 0.2) is 40.6 Å². The van der Waals surface area contributed by atoms with Gasteiger partial charge in [0.05, 0.1) is 10.5 Å². The van der Waals surface area contributed by atoms with Crippen molar-refractivity contribution < 1.29 is 25.8 Å². The van der Waals surface area contributed by atoms with Gasteiger partial charge in [0.15, 0.2) is 0 Å². The Balaban J connectivity index is 2.08. The molecular formula is C13H11F3O3S2. The van der Waals surface area contributed by atoms with Crippen molar-refractivity contribution in [2.75, 3.05) is 0 Å². The van der Waals surface area contributed by atoms with Crippen LogP contribution in [0.5, 0.6) is 0 Å². The molecule has 0 aliphatic carbocycles. The summed E-state index contributed by atoms with van der Waals surface area (Å²) in [4.78, 5) is 0.165. The van der Waals surface area contributed by atoms with Gasteiger partial charge in [-0.15, -0.1) is 11.3 Å². The third-order valence-corrected chi connectivity index (χ3v) is 4.83. The van der Waals surface area contributed by atoms with Crippen LogP contribution < -0.4 is 0 Å². The fraction of sp³-hybridized carbons (Fsp3) is 0.231. The number of rotatable bonds is 4. The molecule has 0 radical (unpaired) electrons. The molecule has 0 amide bonds. The summed E-state index contributed by atoms with van der Waals surface area (Å²) in [6.07, 6.45) is -4.44. The van der Waals surface area contributed by atoms with E-state index >= 15 is 0 Å². The largest absolute Gasteiger partial charge is 0.417 e. The number of halogens is 3. The number of alkyl halides is 3. The highest BCUT2D eigenvalue weighted by atomic mass is 32.2. The first-order valence-electron chi connectivity index (χ1n) is 5.79. The summed E-state index contributed by atoms with van der Waals surface area (Å²) in [5, 5.41) is 0.928. The van der Waals surface area contributed by atoms with Gasteiger partial charge in [0.25, 0.3) is 10.1 Å². The average molecular weight is 336 g/mol. The highest BCUT2D eigenvalue weighted by molar-refractivity contribution is 7.86. The van der Waals surface area contributed by atoms with Gasteiger partial charge < -0.3 is 0 Å². The minimum atomic E-state index is -4.44. The summed E-state index contributed by atoms with van der Waals surface area (Å²) in [6.45, 7) is 1.39. The molecule has 0 N–H and O–H groups in total. The molecule has 2 rings (SSSR count). The van der Waals surface area contributed by atoms with Gasteiger partial charge in [0.2, 0.25) is 0 Å². The molecule has 2 aromatic rings. The highest BCUT2D eigenvalue weighted by Crippen LogP contribution is 2.33. The molecule has 0 saturated carbocycles. The van der Waals surface area contributed by atoms with Crippen molar-refractivity contribution in [1.82, 2.24) is 0 Å². The van der Waals surface area contributed by atoms with Gasteiger partial charge in [0, 0.05) is 10.3 Å². The van der Waals surface area contributed by atoms with Crippen molar-refractivity contribution in [3.8, 4) is 0 Å². The van der Waals surface area contributed by atoms with Gasteiger partial charge in [-0.3, -0.25) is 4.18 Å². The van der Waals surface area contributed by atoms with Crippen molar-refractivity contribution in [2.45, 2.75) is 24.6 Å². The van der Waals surface area contributed by atoms with Crippen LogP contribution in [0.2, 0.25) is 0 Å². The Morgan fingerprint density at radius 2 is 1.81 bits per heavy atom. The molecule has 0 fully saturated rings. The van der Waals surface area contributed by atoms with E-state index in [1.165, 1.54) is 12.1 Å². The molecule has 0 aliphatic rings. The lowest BCUT2D eigenvalue weighted by Gasteiger charge is -2.05. The molecule has 0 bridgehead atoms. The number of thiophene rings is 1. The predicted octanol–water partition coefficient (Wildman–Crippen LogP) is 3.98. The first-order chi connectivity index (χ1) is 9.68. The lowest BCUT2D eigenvalue weighted by atomic mass is 10.2. The smallest absolute Gasteiger partial charge is 0.261 e. The highest BCUT2D eigenvalue weighted by Gasteiger charge is 2.31. The molecule has 3 nitrogen and oxygen atoms in total. The molecule has 1 heterocycles. The molecule has 114 valence electrons. The van der Waals surface area contributed by atoms with Crippen LogP contribution in [0.1, 0.15) is 16.0 Å². The maximum atomic E-state index is 12.4. The zero-order valence-electron chi connectivity index (χ0n) is 10.8. The van der Waals surface area contributed by atoms with E-state index in [0.29, 0.717) is 0 Å². The summed E-state index contributed by atoms with van der Waals surface area (Å²) in [5.74, 6) is 0. The number of hydrogen-bond acceptors (Lipinski definition) is 4. The average Bonchev–Trinajstić information content (AvgIpc) is 2.86. The lowest BCUT2D eigenvalue weighted by molar-refractivity contribution is -0.137. The molecule has 0 spiro atoms. The summed E-state index contributed by atoms with van der Waals surface area (Å²) < 4.78 is 65.8. The lowest BCUT2D eigenvalue weighted by Crippen LogP contribution is -2.06. The van der Waals surface area contributed by atoms with Gasteiger partial charge >= 0.3 is 6.18 Å². The Kier molecular flexibility index (Phi) is 4.40. The van der Waals surface area contributed by atoms with Crippen molar-refractivity contribution in [1.29, 1.82) is 0 Å². The fourth-order valence-electron chi connectivity index (χ4n) is 1.51. The molecular weight excluding hydrogens is 325 g/mol. The van der Waals surface area contributed by atoms with Gasteiger partial charge in [-0.2, -0.15) is 21.6 Å². The zero-order chi connectivity index (χ0) is 15.7. The molecule has 0 aliphatic heterocycles. The van der Waals surface area contributed by atoms with Crippen LogP contribution in [-0.4, -0.2) is 8.42 Å². The van der Waals surface area contributed by atoms with E-state index in [4.69, 9.17) is 4.18 Å². The van der Waals surface area contributed by atoms with E-state index in [2.05, 4.69) is 0 Å². The molecule has 21 heavy (non-hydrogen) atoms. The molecule has 8 heteroatoms. The normalized spacial score (nSPS) is 12.6. The topological polar surface area (TPSA) is 43.4 Å². The number of aryl methyl sites for hydroxylation is 1. The molecule has 1 aromatic carbocycles. The van der Waals surface area contributed by atoms with Gasteiger partial charge in [0.1, 0.15) is 6.61 Å². The minimum absolute atomic E-state index is 0.0271. The van der Waals surface area contributed by atoms with Crippen LogP contribution in [0.25, 0.3) is 0 Å². The zero-order valence-corrected chi connectivity index (χ0v) is 12.5. The molecule has 0 atom stereocenters. The van der Waals surface area contributed by atoms with Crippen molar-refractivity contribution in [2.24, 2.45) is 0 Å². The molecule has 0 saturated heterocycles. The summed E-state index contributed by atoms with van der Waals surface area (Å²) in [6, 6.07) is 6.89. The van der Waals surface area contributed by atoms with Crippen molar-refractivity contribution >= 4 is 21.5 Å². The quantitative estimate of drug-likeness (QED) is 0.793. The van der Waals surface area contributed by atoms with E-state index in [9.17, 15) is 21.6 Å². The number of benzene rings is 1. The van der Waals surface area contributed by atoms with Gasteiger partial charge in [-0.05, 0) is 25.1 Å². The number of hydrogen-bond donors (Lipinski definition) is 0. The third-order valence-electron chi connectivity index (χ3n) is 2.65. The molecule has 1 aromatic heterocycles. The Bertz CT molecular complexity index is 716. The van der Waals surface area contributed by atoms with Crippen molar-refractivity contribution in [3.63, 3.8) is 0 Å². The van der Waals surface area contributed by atoms with E-state index in [-0.39, 0.29) is 9.77 Å². The Morgan fingerprint density at radius 3 is 2.33 bits per heavy atom. The predicted molar refractivity (Wildman–Crippen MR) is 72.5 cm³/mol. The second kappa shape index (κ2) is 5.78. The van der Waals surface area contributed by atoms with Crippen LogP contribution >= 0.6 is 11.3 Å². The van der Waals surface area contributed by atoms with Gasteiger partial charge in [-0.25, -0.2) is 0 Å². The van der Waals surface area contributed by atoms with Crippen LogP contribution in [0.4, 0.5) is 13.2 Å². The minimum Gasteiger partial charge on any atom is -0.261 e. The summed E-state index contributed by atoms with van der Waals surface area (Å²) in [7, 11) is -3.98. The third kappa shape index (κ3) is 4.05. The Labute approximate surface area is 124 Å². The second-order valence-corrected chi connectivity index (χ2v) is 6.94. The van der Waals surface area contributed by atoms with E-state index in [1.807, 2.05) is 6.92 Å². The first-order valence-corrected chi connectivity index (χ1v) is 8.08. The van der Waals surface area contributed by atoms with Crippen LogP contribution in [0.3, 0.4) is 0 Å². The van der Waals surface area contributed by atoms with Crippen LogP contribution in [0, 0.1) is 6.92 Å². The van der Waals surface area contributed by atoms with Crippen molar-refractivity contribution in [3.05, 3.63) is 51.7 Å². The van der Waals surface area contributed by atoms with Crippen LogP contribution in [-0.2, 0) is 27.1 Å². The van der Waals surface area contributed by atoms with Gasteiger partial charge in [-0.1, -0.05) is 17.7 Å². The standard InChI is InChI=1S/C13H11F3O3S2/c1-9-2-4-12(5-3-9)21(17,18)19-7-11-6-10(8-20-11)13(14,15)16/h2-6,8H,7H2,1H3. The SMILES string of the molecule is Cc1ccc(S(=O)(=O)OCc2cc(C(F)(F)F)cs2)cc1. The maximum absolute atomic E-state index is 12.4. The summed E-state index contributed by atoms with van der Waals surface area (Å²) in [5.41, 5.74) is 0.0841. The Hall–Kier alpha value is -1.38. The van der Waals surface area contributed by atoms with E-state index < -0.39 is 28.5 Å².